The van der Waals surface area contributed by atoms with Gasteiger partial charge in [0.05, 0.1) is 11.5 Å². The molecule has 1 saturated carbocycles. The van der Waals surface area contributed by atoms with E-state index in [1.54, 1.807) is 0 Å². The highest BCUT2D eigenvalue weighted by Gasteiger charge is 2.31. The molecular formula is C18H25N. The standard InChI is InChI=1S/C18H25N/c19-16-18(17-12-8-7-9-13-17)14-10-5-3-1-2-4-6-11-15-18/h7-9,12-13H,1-6,10-11,14-15H2. The smallest absolute Gasteiger partial charge is 0.0822 e. The van der Waals surface area contributed by atoms with Gasteiger partial charge < -0.3 is 0 Å². The topological polar surface area (TPSA) is 23.8 Å². The first-order valence-corrected chi connectivity index (χ1v) is 7.84. The van der Waals surface area contributed by atoms with Crippen LogP contribution in [-0.2, 0) is 5.41 Å². The van der Waals surface area contributed by atoms with Gasteiger partial charge in [-0.15, -0.1) is 0 Å². The zero-order chi connectivity index (χ0) is 13.4. The molecule has 1 aromatic rings. The Balaban J connectivity index is 2.16. The SMILES string of the molecule is N#CC1(c2ccccc2)CCCCCCCCCC1. The molecule has 1 aromatic carbocycles. The van der Waals surface area contributed by atoms with Gasteiger partial charge in [-0.25, -0.2) is 0 Å². The van der Waals surface area contributed by atoms with E-state index in [2.05, 4.69) is 30.3 Å². The minimum atomic E-state index is -0.231. The Hall–Kier alpha value is -1.29. The van der Waals surface area contributed by atoms with Gasteiger partial charge >= 0.3 is 0 Å². The van der Waals surface area contributed by atoms with Crippen LogP contribution in [0.1, 0.15) is 69.8 Å². The van der Waals surface area contributed by atoms with Gasteiger partial charge in [-0.1, -0.05) is 81.7 Å². The van der Waals surface area contributed by atoms with Gasteiger partial charge in [-0.2, -0.15) is 5.26 Å². The van der Waals surface area contributed by atoms with Crippen LogP contribution in [-0.4, -0.2) is 0 Å². The molecule has 19 heavy (non-hydrogen) atoms. The van der Waals surface area contributed by atoms with Crippen LogP contribution in [0.25, 0.3) is 0 Å². The minimum Gasteiger partial charge on any atom is -0.197 e. The molecule has 0 atom stereocenters. The van der Waals surface area contributed by atoms with E-state index < -0.39 is 0 Å². The first kappa shape index (κ1) is 14.1. The molecule has 0 amide bonds. The zero-order valence-corrected chi connectivity index (χ0v) is 11.9. The molecule has 102 valence electrons. The number of nitriles is 1. The van der Waals surface area contributed by atoms with Crippen molar-refractivity contribution < 1.29 is 0 Å². The predicted octanol–water partition coefficient (Wildman–Crippen LogP) is 5.36. The highest BCUT2D eigenvalue weighted by atomic mass is 14.4. The summed E-state index contributed by atoms with van der Waals surface area (Å²) in [4.78, 5) is 0. The fraction of sp³-hybridized carbons (Fsp3) is 0.611. The van der Waals surface area contributed by atoms with Crippen LogP contribution in [0.15, 0.2) is 30.3 Å². The maximum atomic E-state index is 9.79. The van der Waals surface area contributed by atoms with Crippen LogP contribution in [0.2, 0.25) is 0 Å². The molecule has 0 heterocycles. The third kappa shape index (κ3) is 3.83. The largest absolute Gasteiger partial charge is 0.197 e. The maximum Gasteiger partial charge on any atom is 0.0822 e. The summed E-state index contributed by atoms with van der Waals surface area (Å²) in [6, 6.07) is 13.1. The monoisotopic (exact) mass is 255 g/mol. The van der Waals surface area contributed by atoms with Gasteiger partial charge in [0.2, 0.25) is 0 Å². The fourth-order valence-electron chi connectivity index (χ4n) is 3.26. The van der Waals surface area contributed by atoms with E-state index in [4.69, 9.17) is 0 Å². The summed E-state index contributed by atoms with van der Waals surface area (Å²) in [6.45, 7) is 0. The van der Waals surface area contributed by atoms with Crippen LogP contribution in [0.3, 0.4) is 0 Å². The summed E-state index contributed by atoms with van der Waals surface area (Å²) >= 11 is 0. The van der Waals surface area contributed by atoms with Gasteiger partial charge in [-0.05, 0) is 18.4 Å². The summed E-state index contributed by atoms with van der Waals surface area (Å²) in [7, 11) is 0. The highest BCUT2D eigenvalue weighted by molar-refractivity contribution is 5.32. The second-order valence-corrected chi connectivity index (χ2v) is 5.89. The second-order valence-electron chi connectivity index (χ2n) is 5.89. The molecule has 0 bridgehead atoms. The lowest BCUT2D eigenvalue weighted by Crippen LogP contribution is -2.24. The van der Waals surface area contributed by atoms with Crippen molar-refractivity contribution >= 4 is 0 Å². The van der Waals surface area contributed by atoms with Crippen LogP contribution < -0.4 is 0 Å². The van der Waals surface area contributed by atoms with Crippen molar-refractivity contribution in [3.63, 3.8) is 0 Å². The minimum absolute atomic E-state index is 0.231. The third-order valence-corrected chi connectivity index (χ3v) is 4.50. The lowest BCUT2D eigenvalue weighted by atomic mass is 9.74. The van der Waals surface area contributed by atoms with E-state index in [-0.39, 0.29) is 5.41 Å². The molecule has 0 spiro atoms. The quantitative estimate of drug-likeness (QED) is 0.662. The van der Waals surface area contributed by atoms with Crippen molar-refractivity contribution in [2.45, 2.75) is 69.6 Å². The fourth-order valence-corrected chi connectivity index (χ4v) is 3.26. The number of benzene rings is 1. The van der Waals surface area contributed by atoms with Crippen LogP contribution in [0, 0.1) is 11.3 Å². The average molecular weight is 255 g/mol. The highest BCUT2D eigenvalue weighted by Crippen LogP contribution is 2.35. The molecule has 1 aliphatic carbocycles. The van der Waals surface area contributed by atoms with Crippen LogP contribution in [0.5, 0.6) is 0 Å². The van der Waals surface area contributed by atoms with Crippen molar-refractivity contribution in [1.82, 2.24) is 0 Å². The molecule has 0 saturated heterocycles. The lowest BCUT2D eigenvalue weighted by Gasteiger charge is -2.27. The normalized spacial score (nSPS) is 21.0. The molecular weight excluding hydrogens is 230 g/mol. The molecule has 1 fully saturated rings. The number of nitrogens with zero attached hydrogens (tertiary/aromatic N) is 1. The Morgan fingerprint density at radius 1 is 0.737 bits per heavy atom. The summed E-state index contributed by atoms with van der Waals surface area (Å²) in [6.07, 6.45) is 12.5. The van der Waals surface area contributed by atoms with E-state index in [1.165, 1.54) is 56.9 Å². The molecule has 1 aliphatic rings. The van der Waals surface area contributed by atoms with Crippen molar-refractivity contribution in [2.24, 2.45) is 0 Å². The predicted molar refractivity (Wildman–Crippen MR) is 79.9 cm³/mol. The van der Waals surface area contributed by atoms with E-state index in [0.29, 0.717) is 0 Å². The van der Waals surface area contributed by atoms with Gasteiger partial charge in [0, 0.05) is 0 Å². The first-order valence-electron chi connectivity index (χ1n) is 7.84. The molecule has 0 radical (unpaired) electrons. The maximum absolute atomic E-state index is 9.79. The summed E-state index contributed by atoms with van der Waals surface area (Å²) in [5, 5.41) is 9.79. The molecule has 0 N–H and O–H groups in total. The molecule has 1 nitrogen and oxygen atoms in total. The van der Waals surface area contributed by atoms with Gasteiger partial charge in [0.15, 0.2) is 0 Å². The molecule has 2 rings (SSSR count). The average Bonchev–Trinajstić information content (AvgIpc) is 2.53. The Morgan fingerprint density at radius 3 is 1.68 bits per heavy atom. The number of hydrogen-bond donors (Lipinski definition) is 0. The van der Waals surface area contributed by atoms with E-state index in [1.807, 2.05) is 6.07 Å². The van der Waals surface area contributed by atoms with Crippen molar-refractivity contribution in [1.29, 1.82) is 5.26 Å². The Labute approximate surface area is 117 Å². The van der Waals surface area contributed by atoms with Crippen molar-refractivity contribution in [3.05, 3.63) is 35.9 Å². The summed E-state index contributed by atoms with van der Waals surface area (Å²) < 4.78 is 0. The van der Waals surface area contributed by atoms with E-state index in [0.717, 1.165) is 12.8 Å². The van der Waals surface area contributed by atoms with Crippen LogP contribution >= 0.6 is 0 Å². The lowest BCUT2D eigenvalue weighted by molar-refractivity contribution is 0.424. The number of hydrogen-bond acceptors (Lipinski definition) is 1. The Kier molecular flexibility index (Phi) is 5.45. The van der Waals surface area contributed by atoms with Gasteiger partial charge in [0.1, 0.15) is 0 Å². The van der Waals surface area contributed by atoms with Gasteiger partial charge in [-0.3, -0.25) is 0 Å². The third-order valence-electron chi connectivity index (χ3n) is 4.50. The second kappa shape index (κ2) is 7.34. The molecule has 0 aromatic heterocycles. The summed E-state index contributed by atoms with van der Waals surface area (Å²) in [5.74, 6) is 0. The van der Waals surface area contributed by atoms with E-state index >= 15 is 0 Å². The summed E-state index contributed by atoms with van der Waals surface area (Å²) in [5.41, 5.74) is 1.00. The molecule has 0 aliphatic heterocycles. The Morgan fingerprint density at radius 2 is 1.21 bits per heavy atom. The van der Waals surface area contributed by atoms with Crippen LogP contribution in [0.4, 0.5) is 0 Å². The molecule has 1 heteroatoms. The first-order chi connectivity index (χ1) is 9.37. The van der Waals surface area contributed by atoms with Gasteiger partial charge in [0.25, 0.3) is 0 Å². The number of rotatable bonds is 1. The molecule has 0 unspecified atom stereocenters. The van der Waals surface area contributed by atoms with E-state index in [9.17, 15) is 5.26 Å². The Bertz CT molecular complexity index is 389. The van der Waals surface area contributed by atoms with Crippen molar-refractivity contribution in [3.8, 4) is 6.07 Å². The zero-order valence-electron chi connectivity index (χ0n) is 11.9. The van der Waals surface area contributed by atoms with Crippen molar-refractivity contribution in [2.75, 3.05) is 0 Å².